The Bertz CT molecular complexity index is 1270. The van der Waals surface area contributed by atoms with E-state index in [1.54, 1.807) is 6.20 Å². The molecule has 0 saturated carbocycles. The largest absolute Gasteiger partial charge is 0.390 e. The molecule has 1 unspecified atom stereocenters. The van der Waals surface area contributed by atoms with Crippen molar-refractivity contribution >= 4 is 22.3 Å². The smallest absolute Gasteiger partial charge is 0.101 e. The van der Waals surface area contributed by atoms with Crippen LogP contribution in [0, 0.1) is 11.3 Å². The van der Waals surface area contributed by atoms with E-state index in [0.29, 0.717) is 30.7 Å². The van der Waals surface area contributed by atoms with Crippen molar-refractivity contribution in [2.45, 2.75) is 31.7 Å². The number of pyridine rings is 1. The zero-order valence-corrected chi connectivity index (χ0v) is 19.5. The molecule has 3 aliphatic rings. The van der Waals surface area contributed by atoms with E-state index in [2.05, 4.69) is 68.3 Å². The molecule has 3 aromatic rings. The molecule has 0 amide bonds. The topological polar surface area (TPSA) is 78.7 Å². The normalized spacial score (nSPS) is 25.0. The van der Waals surface area contributed by atoms with E-state index < -0.39 is 0 Å². The van der Waals surface area contributed by atoms with Crippen LogP contribution in [0.15, 0.2) is 48.7 Å². The first-order valence-electron chi connectivity index (χ1n) is 12.2. The number of nitrogens with one attached hydrogen (secondary N) is 1. The number of hydrogen-bond donors (Lipinski definition) is 2. The van der Waals surface area contributed by atoms with E-state index in [9.17, 15) is 10.4 Å². The molecular formula is C27H30N6O. The number of piperazine rings is 1. The van der Waals surface area contributed by atoms with Gasteiger partial charge in [-0.25, -0.2) is 0 Å². The van der Waals surface area contributed by atoms with Gasteiger partial charge in [-0.15, -0.1) is 0 Å². The summed E-state index contributed by atoms with van der Waals surface area (Å²) in [4.78, 5) is 11.9. The number of fused-ring (bicyclic) bond motifs is 4. The third-order valence-electron chi connectivity index (χ3n) is 7.63. The Balaban J connectivity index is 1.31. The number of β-amino-alcohol motifs (C(OH)–C–C–N with tert-alkyl or cyclic N) is 1. The second-order valence-electron chi connectivity index (χ2n) is 9.77. The number of anilines is 2. The molecular weight excluding hydrogens is 424 g/mol. The Hall–Kier alpha value is -3.18. The second-order valence-corrected chi connectivity index (χ2v) is 9.77. The van der Waals surface area contributed by atoms with Gasteiger partial charge in [0.25, 0.3) is 0 Å². The molecule has 2 N–H and O–H groups in total. The van der Waals surface area contributed by atoms with Crippen LogP contribution < -0.4 is 15.1 Å². The number of nitrogens with zero attached hydrogens (tertiary/aromatic N) is 5. The lowest BCUT2D eigenvalue weighted by Crippen LogP contribution is -2.51. The van der Waals surface area contributed by atoms with Crippen LogP contribution in [0.2, 0.25) is 0 Å². The van der Waals surface area contributed by atoms with Gasteiger partial charge in [0, 0.05) is 74.8 Å². The molecule has 7 heteroatoms. The summed E-state index contributed by atoms with van der Waals surface area (Å²) in [5.74, 6) is 0. The van der Waals surface area contributed by atoms with Crippen LogP contribution in [0.25, 0.3) is 10.9 Å². The molecule has 174 valence electrons. The highest BCUT2D eigenvalue weighted by Gasteiger charge is 2.39. The van der Waals surface area contributed by atoms with Crippen LogP contribution in [0.5, 0.6) is 0 Å². The van der Waals surface area contributed by atoms with E-state index in [4.69, 9.17) is 0 Å². The standard InChI is InChI=1S/C27H30N6O/c1-18-14-32(25-7-4-19(12-28)27-24(25)3-2-8-30-27)17-26-23-6-5-21(11-20(23)15-33(18)26)31-10-9-29-13-22(34)16-31/h2-8,11,18,22,26,29,34H,9-10,13-17H2,1H3/t18-,22?,26-/m1/s1. The lowest BCUT2D eigenvalue weighted by molar-refractivity contribution is 0.134. The number of benzene rings is 2. The number of aliphatic hydroxyl groups is 1. The van der Waals surface area contributed by atoms with Gasteiger partial charge < -0.3 is 20.2 Å². The highest BCUT2D eigenvalue weighted by molar-refractivity contribution is 5.95. The molecule has 4 heterocycles. The lowest BCUT2D eigenvalue weighted by Gasteiger charge is -2.43. The maximum absolute atomic E-state index is 10.2. The second kappa shape index (κ2) is 8.55. The summed E-state index contributed by atoms with van der Waals surface area (Å²) in [6, 6.07) is 17.9. The summed E-state index contributed by atoms with van der Waals surface area (Å²) in [5, 5.41) is 24.1. The minimum Gasteiger partial charge on any atom is -0.390 e. The molecule has 3 aliphatic heterocycles. The zero-order valence-electron chi connectivity index (χ0n) is 19.5. The van der Waals surface area contributed by atoms with Gasteiger partial charge in [-0.1, -0.05) is 6.07 Å². The van der Waals surface area contributed by atoms with Crippen molar-refractivity contribution in [1.29, 1.82) is 5.26 Å². The highest BCUT2D eigenvalue weighted by Crippen LogP contribution is 2.42. The number of rotatable bonds is 2. The summed E-state index contributed by atoms with van der Waals surface area (Å²) in [6.45, 7) is 8.26. The van der Waals surface area contributed by atoms with E-state index in [-0.39, 0.29) is 6.10 Å². The van der Waals surface area contributed by atoms with Crippen LogP contribution >= 0.6 is 0 Å². The summed E-state index contributed by atoms with van der Waals surface area (Å²) in [7, 11) is 0. The van der Waals surface area contributed by atoms with Gasteiger partial charge in [0.05, 0.1) is 23.2 Å². The zero-order chi connectivity index (χ0) is 23.2. The number of hydrogen-bond acceptors (Lipinski definition) is 7. The van der Waals surface area contributed by atoms with Crippen LogP contribution in [0.1, 0.15) is 29.7 Å². The predicted molar refractivity (Wildman–Crippen MR) is 134 cm³/mol. The van der Waals surface area contributed by atoms with Gasteiger partial charge in [0.2, 0.25) is 0 Å². The van der Waals surface area contributed by atoms with Crippen molar-refractivity contribution in [1.82, 2.24) is 15.2 Å². The monoisotopic (exact) mass is 454 g/mol. The Labute approximate surface area is 200 Å². The Morgan fingerprint density at radius 2 is 2.03 bits per heavy atom. The number of aliphatic hydroxyl groups excluding tert-OH is 1. The first-order chi connectivity index (χ1) is 16.6. The summed E-state index contributed by atoms with van der Waals surface area (Å²) >= 11 is 0. The Morgan fingerprint density at radius 3 is 2.91 bits per heavy atom. The maximum atomic E-state index is 10.2. The molecule has 2 fully saturated rings. The van der Waals surface area contributed by atoms with Crippen LogP contribution in [-0.4, -0.2) is 66.4 Å². The number of aromatic nitrogens is 1. The van der Waals surface area contributed by atoms with E-state index in [1.165, 1.54) is 16.8 Å². The summed E-state index contributed by atoms with van der Waals surface area (Å²) in [5.41, 5.74) is 6.57. The molecule has 2 saturated heterocycles. The van der Waals surface area contributed by atoms with Crippen LogP contribution in [-0.2, 0) is 6.54 Å². The third-order valence-corrected chi connectivity index (χ3v) is 7.63. The molecule has 0 bridgehead atoms. The SMILES string of the molecule is C[C@@H]1CN(c2ccc(C#N)c3ncccc23)C[C@@H]2c3ccc(N4CCNCC(O)C4)cc3CN12. The highest BCUT2D eigenvalue weighted by atomic mass is 16.3. The Morgan fingerprint density at radius 1 is 1.12 bits per heavy atom. The van der Waals surface area contributed by atoms with Gasteiger partial charge >= 0.3 is 0 Å². The number of nitriles is 1. The van der Waals surface area contributed by atoms with Gasteiger partial charge in [-0.3, -0.25) is 9.88 Å². The lowest BCUT2D eigenvalue weighted by atomic mass is 9.99. The summed E-state index contributed by atoms with van der Waals surface area (Å²) in [6.07, 6.45) is 1.42. The van der Waals surface area contributed by atoms with Gasteiger partial charge in [0.1, 0.15) is 6.07 Å². The fourth-order valence-electron chi connectivity index (χ4n) is 5.96. The van der Waals surface area contributed by atoms with Crippen molar-refractivity contribution in [3.63, 3.8) is 0 Å². The van der Waals surface area contributed by atoms with Crippen molar-refractivity contribution in [3.8, 4) is 6.07 Å². The molecule has 7 nitrogen and oxygen atoms in total. The molecule has 0 aliphatic carbocycles. The van der Waals surface area contributed by atoms with E-state index >= 15 is 0 Å². The van der Waals surface area contributed by atoms with Gasteiger partial charge in [-0.05, 0) is 54.4 Å². The molecule has 34 heavy (non-hydrogen) atoms. The van der Waals surface area contributed by atoms with Crippen molar-refractivity contribution in [3.05, 3.63) is 65.4 Å². The molecule has 6 rings (SSSR count). The molecule has 0 spiro atoms. The first-order valence-corrected chi connectivity index (χ1v) is 12.2. The Kier molecular flexibility index (Phi) is 5.37. The van der Waals surface area contributed by atoms with Crippen molar-refractivity contribution in [2.75, 3.05) is 49.1 Å². The fourth-order valence-corrected chi connectivity index (χ4v) is 5.96. The molecule has 3 atom stereocenters. The fraction of sp³-hybridized carbons (Fsp3) is 0.407. The van der Waals surface area contributed by atoms with Gasteiger partial charge in [-0.2, -0.15) is 5.26 Å². The molecule has 0 radical (unpaired) electrons. The third kappa shape index (κ3) is 3.59. The first kappa shape index (κ1) is 21.4. The molecule has 2 aromatic carbocycles. The minimum absolute atomic E-state index is 0.339. The van der Waals surface area contributed by atoms with Crippen LogP contribution in [0.3, 0.4) is 0 Å². The maximum Gasteiger partial charge on any atom is 0.101 e. The van der Waals surface area contributed by atoms with Crippen molar-refractivity contribution in [2.24, 2.45) is 0 Å². The van der Waals surface area contributed by atoms with E-state index in [1.807, 2.05) is 12.1 Å². The van der Waals surface area contributed by atoms with Gasteiger partial charge in [0.15, 0.2) is 0 Å². The summed E-state index contributed by atoms with van der Waals surface area (Å²) < 4.78 is 0. The van der Waals surface area contributed by atoms with Crippen molar-refractivity contribution < 1.29 is 5.11 Å². The van der Waals surface area contributed by atoms with Crippen LogP contribution in [0.4, 0.5) is 11.4 Å². The predicted octanol–water partition coefficient (Wildman–Crippen LogP) is 2.64. The minimum atomic E-state index is -0.340. The average molecular weight is 455 g/mol. The average Bonchev–Trinajstić information content (AvgIpc) is 3.09. The quantitative estimate of drug-likeness (QED) is 0.616. The molecule has 1 aromatic heterocycles. The van der Waals surface area contributed by atoms with E-state index in [0.717, 1.165) is 49.3 Å².